The van der Waals surface area contributed by atoms with E-state index in [1.807, 2.05) is 0 Å². The highest BCUT2D eigenvalue weighted by atomic mass is 35.5. The molecule has 1 unspecified atom stereocenters. The Kier molecular flexibility index (Phi) is 5.95. The van der Waals surface area contributed by atoms with Crippen molar-refractivity contribution >= 4 is 12.4 Å². The van der Waals surface area contributed by atoms with Crippen LogP contribution in [0.2, 0.25) is 0 Å². The second-order valence-corrected chi connectivity index (χ2v) is 5.02. The standard InChI is InChI=1S/C12H24N2.ClH/c1-14-9-5-8-12(14)10-13-11-6-3-2-4-7-11;/h11-13H,2-10H2,1H3;1H. The van der Waals surface area contributed by atoms with E-state index < -0.39 is 0 Å². The van der Waals surface area contributed by atoms with E-state index in [2.05, 4.69) is 17.3 Å². The summed E-state index contributed by atoms with van der Waals surface area (Å²) in [5, 5.41) is 3.75. The summed E-state index contributed by atoms with van der Waals surface area (Å²) >= 11 is 0. The van der Waals surface area contributed by atoms with Gasteiger partial charge in [0, 0.05) is 18.6 Å². The summed E-state index contributed by atoms with van der Waals surface area (Å²) in [4.78, 5) is 2.51. The van der Waals surface area contributed by atoms with E-state index in [4.69, 9.17) is 0 Å². The largest absolute Gasteiger partial charge is 0.312 e. The quantitative estimate of drug-likeness (QED) is 0.804. The van der Waals surface area contributed by atoms with Gasteiger partial charge >= 0.3 is 0 Å². The third-order valence-electron chi connectivity index (χ3n) is 3.92. The van der Waals surface area contributed by atoms with Gasteiger partial charge in [0.1, 0.15) is 0 Å². The maximum Gasteiger partial charge on any atom is 0.0218 e. The average molecular weight is 233 g/mol. The van der Waals surface area contributed by atoms with Crippen LogP contribution in [0, 0.1) is 0 Å². The van der Waals surface area contributed by atoms with Crippen molar-refractivity contribution in [2.45, 2.75) is 57.0 Å². The zero-order valence-electron chi connectivity index (χ0n) is 9.87. The van der Waals surface area contributed by atoms with Crippen LogP contribution in [0.5, 0.6) is 0 Å². The number of halogens is 1. The number of nitrogens with one attached hydrogen (secondary N) is 1. The zero-order valence-corrected chi connectivity index (χ0v) is 10.7. The first-order valence-electron chi connectivity index (χ1n) is 6.30. The summed E-state index contributed by atoms with van der Waals surface area (Å²) in [5.74, 6) is 0. The molecule has 0 radical (unpaired) electrons. The lowest BCUT2D eigenvalue weighted by Crippen LogP contribution is -2.41. The van der Waals surface area contributed by atoms with Gasteiger partial charge in [0.25, 0.3) is 0 Å². The van der Waals surface area contributed by atoms with Gasteiger partial charge in [-0.2, -0.15) is 0 Å². The Morgan fingerprint density at radius 2 is 1.80 bits per heavy atom. The van der Waals surface area contributed by atoms with Gasteiger partial charge in [-0.1, -0.05) is 19.3 Å². The summed E-state index contributed by atoms with van der Waals surface area (Å²) in [6.07, 6.45) is 9.97. The molecule has 1 heterocycles. The Bertz CT molecular complexity index is 169. The molecule has 2 rings (SSSR count). The van der Waals surface area contributed by atoms with Crippen molar-refractivity contribution in [1.29, 1.82) is 0 Å². The van der Waals surface area contributed by atoms with Crippen LogP contribution in [0.4, 0.5) is 0 Å². The van der Waals surface area contributed by atoms with E-state index in [0.29, 0.717) is 0 Å². The van der Waals surface area contributed by atoms with Gasteiger partial charge in [0.05, 0.1) is 0 Å². The summed E-state index contributed by atoms with van der Waals surface area (Å²) in [5.41, 5.74) is 0. The van der Waals surface area contributed by atoms with Crippen LogP contribution in [0.25, 0.3) is 0 Å². The SMILES string of the molecule is CN1CCCC1CNC1CCCCC1.Cl. The van der Waals surface area contributed by atoms with Gasteiger partial charge in [-0.3, -0.25) is 0 Å². The topological polar surface area (TPSA) is 15.3 Å². The molecule has 0 aromatic heterocycles. The Morgan fingerprint density at radius 1 is 1.07 bits per heavy atom. The molecule has 0 amide bonds. The van der Waals surface area contributed by atoms with Gasteiger partial charge in [0.2, 0.25) is 0 Å². The average Bonchev–Trinajstić information content (AvgIpc) is 2.63. The van der Waals surface area contributed by atoms with Crippen molar-refractivity contribution in [2.75, 3.05) is 20.1 Å². The molecule has 2 aliphatic rings. The number of nitrogens with zero attached hydrogens (tertiary/aromatic N) is 1. The van der Waals surface area contributed by atoms with E-state index in [1.54, 1.807) is 0 Å². The van der Waals surface area contributed by atoms with Gasteiger partial charge in [0.15, 0.2) is 0 Å². The molecular formula is C12H25ClN2. The van der Waals surface area contributed by atoms with E-state index in [1.165, 1.54) is 58.0 Å². The molecule has 1 saturated carbocycles. The minimum Gasteiger partial charge on any atom is -0.312 e. The number of rotatable bonds is 3. The first-order valence-corrected chi connectivity index (χ1v) is 6.30. The van der Waals surface area contributed by atoms with Gasteiger partial charge in [-0.15, -0.1) is 12.4 Å². The highest BCUT2D eigenvalue weighted by Crippen LogP contribution is 2.19. The van der Waals surface area contributed by atoms with Crippen LogP contribution in [-0.4, -0.2) is 37.1 Å². The van der Waals surface area contributed by atoms with Crippen LogP contribution < -0.4 is 5.32 Å². The molecular weight excluding hydrogens is 208 g/mol. The summed E-state index contributed by atoms with van der Waals surface area (Å²) < 4.78 is 0. The molecule has 15 heavy (non-hydrogen) atoms. The van der Waals surface area contributed by atoms with Crippen molar-refractivity contribution in [1.82, 2.24) is 10.2 Å². The summed E-state index contributed by atoms with van der Waals surface area (Å²) in [6, 6.07) is 1.65. The molecule has 0 bridgehead atoms. The molecule has 1 atom stereocenters. The number of likely N-dealkylation sites (N-methyl/N-ethyl adjacent to an activating group) is 1. The second-order valence-electron chi connectivity index (χ2n) is 5.02. The highest BCUT2D eigenvalue weighted by molar-refractivity contribution is 5.85. The number of likely N-dealkylation sites (tertiary alicyclic amines) is 1. The molecule has 1 aliphatic carbocycles. The fourth-order valence-corrected chi connectivity index (χ4v) is 2.85. The molecule has 2 fully saturated rings. The highest BCUT2D eigenvalue weighted by Gasteiger charge is 2.21. The van der Waals surface area contributed by atoms with E-state index in [0.717, 1.165) is 12.1 Å². The molecule has 90 valence electrons. The lowest BCUT2D eigenvalue weighted by atomic mass is 9.95. The fourth-order valence-electron chi connectivity index (χ4n) is 2.85. The van der Waals surface area contributed by atoms with Crippen LogP contribution in [-0.2, 0) is 0 Å². The Balaban J connectivity index is 0.00000112. The van der Waals surface area contributed by atoms with Crippen molar-refractivity contribution < 1.29 is 0 Å². The maximum atomic E-state index is 3.75. The number of hydrogen-bond acceptors (Lipinski definition) is 2. The Labute approximate surface area is 100 Å². The third-order valence-corrected chi connectivity index (χ3v) is 3.92. The molecule has 0 aromatic rings. The van der Waals surface area contributed by atoms with Crippen molar-refractivity contribution in [3.8, 4) is 0 Å². The lowest BCUT2D eigenvalue weighted by molar-refractivity contribution is 0.276. The monoisotopic (exact) mass is 232 g/mol. The molecule has 1 saturated heterocycles. The molecule has 0 aromatic carbocycles. The van der Waals surface area contributed by atoms with E-state index in [-0.39, 0.29) is 12.4 Å². The normalized spacial score (nSPS) is 29.0. The van der Waals surface area contributed by atoms with Gasteiger partial charge in [-0.25, -0.2) is 0 Å². The predicted octanol–water partition coefficient (Wildman–Crippen LogP) is 2.42. The fraction of sp³-hybridized carbons (Fsp3) is 1.00. The lowest BCUT2D eigenvalue weighted by Gasteiger charge is -2.26. The maximum absolute atomic E-state index is 3.75. The van der Waals surface area contributed by atoms with Crippen LogP contribution >= 0.6 is 12.4 Å². The Morgan fingerprint density at radius 3 is 2.40 bits per heavy atom. The summed E-state index contributed by atoms with van der Waals surface area (Å²) in [6.45, 7) is 2.53. The molecule has 1 aliphatic heterocycles. The molecule has 0 spiro atoms. The molecule has 2 nitrogen and oxygen atoms in total. The van der Waals surface area contributed by atoms with Gasteiger partial charge < -0.3 is 10.2 Å². The minimum absolute atomic E-state index is 0. The smallest absolute Gasteiger partial charge is 0.0218 e. The van der Waals surface area contributed by atoms with Crippen LogP contribution in [0.15, 0.2) is 0 Å². The second kappa shape index (κ2) is 6.72. The summed E-state index contributed by atoms with van der Waals surface area (Å²) in [7, 11) is 2.26. The van der Waals surface area contributed by atoms with Gasteiger partial charge in [-0.05, 0) is 39.3 Å². The van der Waals surface area contributed by atoms with Crippen molar-refractivity contribution in [3.05, 3.63) is 0 Å². The van der Waals surface area contributed by atoms with Crippen LogP contribution in [0.1, 0.15) is 44.9 Å². The molecule has 1 N–H and O–H groups in total. The Hall–Kier alpha value is 0.210. The molecule has 3 heteroatoms. The van der Waals surface area contributed by atoms with Crippen LogP contribution in [0.3, 0.4) is 0 Å². The van der Waals surface area contributed by atoms with Crippen molar-refractivity contribution in [2.24, 2.45) is 0 Å². The number of hydrogen-bond donors (Lipinski definition) is 1. The van der Waals surface area contributed by atoms with E-state index in [9.17, 15) is 0 Å². The first kappa shape index (κ1) is 13.3. The van der Waals surface area contributed by atoms with Crippen molar-refractivity contribution in [3.63, 3.8) is 0 Å². The third kappa shape index (κ3) is 3.93. The minimum atomic E-state index is 0. The zero-order chi connectivity index (χ0) is 9.80. The van der Waals surface area contributed by atoms with E-state index >= 15 is 0 Å². The predicted molar refractivity (Wildman–Crippen MR) is 67.8 cm³/mol. The first-order chi connectivity index (χ1) is 6.86.